The molecule has 0 unspecified atom stereocenters. The normalized spacial score (nSPS) is 13.1. The topological polar surface area (TPSA) is 81.6 Å². The van der Waals surface area contributed by atoms with Crippen molar-refractivity contribution >= 4 is 5.82 Å². The van der Waals surface area contributed by atoms with Crippen molar-refractivity contribution in [3.05, 3.63) is 47.8 Å². The fourth-order valence-corrected chi connectivity index (χ4v) is 2.99. The van der Waals surface area contributed by atoms with Crippen LogP contribution in [0.15, 0.2) is 30.3 Å². The Labute approximate surface area is 136 Å². The van der Waals surface area contributed by atoms with Crippen molar-refractivity contribution in [3.8, 4) is 22.6 Å². The average molecular weight is 328 g/mol. The maximum atomic E-state index is 14.3. The van der Waals surface area contributed by atoms with E-state index in [1.165, 1.54) is 12.1 Å². The molecule has 3 aromatic rings. The molecule has 0 amide bonds. The van der Waals surface area contributed by atoms with Crippen molar-refractivity contribution in [1.82, 2.24) is 19.7 Å². The van der Waals surface area contributed by atoms with Crippen LogP contribution >= 0.6 is 0 Å². The van der Waals surface area contributed by atoms with E-state index in [9.17, 15) is 8.78 Å². The molecule has 0 spiro atoms. The fourth-order valence-electron chi connectivity index (χ4n) is 2.99. The van der Waals surface area contributed by atoms with Crippen molar-refractivity contribution in [3.63, 3.8) is 0 Å². The number of benzene rings is 1. The van der Waals surface area contributed by atoms with Crippen LogP contribution in [0.4, 0.5) is 14.6 Å². The van der Waals surface area contributed by atoms with E-state index in [0.717, 1.165) is 31.3 Å². The Morgan fingerprint density at radius 1 is 1.12 bits per heavy atom. The lowest BCUT2D eigenvalue weighted by Crippen LogP contribution is -2.09. The zero-order valence-electron chi connectivity index (χ0n) is 12.6. The molecule has 122 valence electrons. The molecule has 4 rings (SSSR count). The highest BCUT2D eigenvalue weighted by Gasteiger charge is 2.25. The van der Waals surface area contributed by atoms with Gasteiger partial charge < -0.3 is 9.99 Å². The van der Waals surface area contributed by atoms with Crippen molar-refractivity contribution in [1.29, 1.82) is 0 Å². The summed E-state index contributed by atoms with van der Waals surface area (Å²) in [6, 6.07) is 6.91. The molecule has 2 aromatic heterocycles. The number of nitrogens with two attached hydrogens (primary N) is 1. The summed E-state index contributed by atoms with van der Waals surface area (Å²) in [5, 5.41) is 8.12. The van der Waals surface area contributed by atoms with Gasteiger partial charge in [0.1, 0.15) is 28.8 Å². The number of hydrazine groups is 1. The second-order valence-electron chi connectivity index (χ2n) is 5.55. The Bertz CT molecular complexity index is 904. The molecule has 0 aliphatic carbocycles. The molecule has 0 atom stereocenters. The number of halogens is 2. The Morgan fingerprint density at radius 3 is 2.71 bits per heavy atom. The summed E-state index contributed by atoms with van der Waals surface area (Å²) in [7, 11) is 0. The molecule has 1 aromatic carbocycles. The van der Waals surface area contributed by atoms with Gasteiger partial charge in [-0.25, -0.2) is 19.6 Å². The molecule has 3 N–H and O–H groups in total. The predicted molar refractivity (Wildman–Crippen MR) is 84.7 cm³/mol. The van der Waals surface area contributed by atoms with Crippen LogP contribution in [0.2, 0.25) is 0 Å². The number of nitrogens with one attached hydrogen (secondary N) is 1. The van der Waals surface area contributed by atoms with E-state index in [0.29, 0.717) is 22.9 Å². The van der Waals surface area contributed by atoms with E-state index in [1.54, 1.807) is 12.1 Å². The van der Waals surface area contributed by atoms with Crippen LogP contribution in [0.25, 0.3) is 22.6 Å². The first kappa shape index (κ1) is 14.7. The van der Waals surface area contributed by atoms with Crippen LogP contribution in [0.1, 0.15) is 12.2 Å². The number of aromatic nitrogens is 4. The number of aryl methyl sites for hydroxylation is 1. The summed E-state index contributed by atoms with van der Waals surface area (Å²) in [6.07, 6.45) is 1.78. The molecule has 0 saturated carbocycles. The first-order valence-electron chi connectivity index (χ1n) is 7.53. The molecule has 1 aliphatic heterocycles. The average Bonchev–Trinajstić information content (AvgIpc) is 3.16. The van der Waals surface area contributed by atoms with Crippen molar-refractivity contribution in [2.45, 2.75) is 19.4 Å². The number of rotatable bonds is 3. The first-order chi connectivity index (χ1) is 11.7. The number of hydrogen-bond donors (Lipinski definition) is 2. The molecule has 0 radical (unpaired) electrons. The summed E-state index contributed by atoms with van der Waals surface area (Å²) in [5.41, 5.74) is 4.36. The summed E-state index contributed by atoms with van der Waals surface area (Å²) in [5.74, 6) is 5.33. The molecule has 24 heavy (non-hydrogen) atoms. The third-order valence-electron chi connectivity index (χ3n) is 4.07. The van der Waals surface area contributed by atoms with Crippen molar-refractivity contribution in [2.24, 2.45) is 5.84 Å². The second kappa shape index (κ2) is 5.64. The molecule has 0 bridgehead atoms. The third-order valence-corrected chi connectivity index (χ3v) is 4.07. The lowest BCUT2D eigenvalue weighted by Gasteiger charge is -2.08. The minimum Gasteiger partial charge on any atom is -0.326 e. The molecular weight excluding hydrogens is 314 g/mol. The molecule has 6 nitrogen and oxygen atoms in total. The van der Waals surface area contributed by atoms with Crippen LogP contribution in [-0.4, -0.2) is 19.7 Å². The number of hydrogen-bond acceptors (Lipinski definition) is 5. The van der Waals surface area contributed by atoms with Crippen LogP contribution in [0.5, 0.6) is 0 Å². The van der Waals surface area contributed by atoms with E-state index in [1.807, 2.05) is 4.57 Å². The Balaban J connectivity index is 1.91. The monoisotopic (exact) mass is 328 g/mol. The minimum atomic E-state index is -0.652. The molecule has 0 fully saturated rings. The van der Waals surface area contributed by atoms with E-state index in [2.05, 4.69) is 20.6 Å². The SMILES string of the molecule is NNc1ccc(-c2c(-c3ccc(F)cc3F)nc3n2CCC3)nn1. The maximum Gasteiger partial charge on any atom is 0.162 e. The smallest absolute Gasteiger partial charge is 0.162 e. The second-order valence-corrected chi connectivity index (χ2v) is 5.55. The highest BCUT2D eigenvalue weighted by molar-refractivity contribution is 5.78. The van der Waals surface area contributed by atoms with Crippen LogP contribution in [0.3, 0.4) is 0 Å². The fraction of sp³-hybridized carbons (Fsp3) is 0.188. The standard InChI is InChI=1S/C16H14F2N6/c17-9-3-4-10(11(18)8-9)15-16(24-7-1-2-14(24)20-15)12-5-6-13(21-19)23-22-12/h3-6,8H,1-2,7,19H2,(H,21,23). The molecule has 1 aliphatic rings. The van der Waals surface area contributed by atoms with Crippen molar-refractivity contribution in [2.75, 3.05) is 5.43 Å². The summed E-state index contributed by atoms with van der Waals surface area (Å²) in [6.45, 7) is 0.777. The van der Waals surface area contributed by atoms with Gasteiger partial charge in [-0.15, -0.1) is 10.2 Å². The van der Waals surface area contributed by atoms with Gasteiger partial charge in [0.05, 0.1) is 5.69 Å². The van der Waals surface area contributed by atoms with Gasteiger partial charge in [-0.1, -0.05) is 0 Å². The Morgan fingerprint density at radius 2 is 2.00 bits per heavy atom. The van der Waals surface area contributed by atoms with E-state index in [-0.39, 0.29) is 5.56 Å². The third kappa shape index (κ3) is 2.31. The van der Waals surface area contributed by atoms with Gasteiger partial charge in [-0.05, 0) is 30.7 Å². The van der Waals surface area contributed by atoms with E-state index in [4.69, 9.17) is 5.84 Å². The van der Waals surface area contributed by atoms with E-state index >= 15 is 0 Å². The zero-order valence-corrected chi connectivity index (χ0v) is 12.6. The number of anilines is 1. The van der Waals surface area contributed by atoms with Gasteiger partial charge >= 0.3 is 0 Å². The van der Waals surface area contributed by atoms with Crippen LogP contribution < -0.4 is 11.3 Å². The zero-order chi connectivity index (χ0) is 16.7. The largest absolute Gasteiger partial charge is 0.326 e. The lowest BCUT2D eigenvalue weighted by molar-refractivity contribution is 0.585. The summed E-state index contributed by atoms with van der Waals surface area (Å²) < 4.78 is 29.5. The van der Waals surface area contributed by atoms with Gasteiger partial charge in [-0.2, -0.15) is 0 Å². The summed E-state index contributed by atoms with van der Waals surface area (Å²) >= 11 is 0. The quantitative estimate of drug-likeness (QED) is 0.570. The first-order valence-corrected chi connectivity index (χ1v) is 7.53. The highest BCUT2D eigenvalue weighted by Crippen LogP contribution is 2.35. The van der Waals surface area contributed by atoms with Gasteiger partial charge in [0.25, 0.3) is 0 Å². The van der Waals surface area contributed by atoms with E-state index < -0.39 is 11.6 Å². The highest BCUT2D eigenvalue weighted by atomic mass is 19.1. The number of nitrogens with zero attached hydrogens (tertiary/aromatic N) is 4. The molecule has 3 heterocycles. The van der Waals surface area contributed by atoms with Gasteiger partial charge in [0, 0.05) is 24.6 Å². The van der Waals surface area contributed by atoms with Crippen molar-refractivity contribution < 1.29 is 8.78 Å². The lowest BCUT2D eigenvalue weighted by atomic mass is 10.1. The minimum absolute atomic E-state index is 0.246. The Kier molecular flexibility index (Phi) is 3.46. The van der Waals surface area contributed by atoms with Gasteiger partial charge in [0.2, 0.25) is 0 Å². The number of imidazole rings is 1. The Hall–Kier alpha value is -2.87. The van der Waals surface area contributed by atoms with Crippen LogP contribution in [0, 0.1) is 11.6 Å². The number of nitrogen functional groups attached to an aromatic ring is 1. The predicted octanol–water partition coefficient (Wildman–Crippen LogP) is 2.52. The molecule has 0 saturated heterocycles. The molecule has 8 heteroatoms. The van der Waals surface area contributed by atoms with Gasteiger partial charge in [-0.3, -0.25) is 0 Å². The summed E-state index contributed by atoms with van der Waals surface area (Å²) in [4.78, 5) is 4.56. The van der Waals surface area contributed by atoms with Crippen LogP contribution in [-0.2, 0) is 13.0 Å². The number of fused-ring (bicyclic) bond motifs is 1. The maximum absolute atomic E-state index is 14.3. The molecular formula is C16H14F2N6. The van der Waals surface area contributed by atoms with Gasteiger partial charge in [0.15, 0.2) is 5.82 Å².